The smallest absolute Gasteiger partial charge is 0.229 e. The minimum atomic E-state index is 0.364. The van der Waals surface area contributed by atoms with Crippen molar-refractivity contribution in [3.05, 3.63) is 24.7 Å². The molecule has 44 valence electrons. The van der Waals surface area contributed by atoms with Crippen LogP contribution in [0, 0.1) is 0 Å². The van der Waals surface area contributed by atoms with Gasteiger partial charge in [0.15, 0.2) is 0 Å². The molecule has 0 N–H and O–H groups in total. The van der Waals surface area contributed by atoms with Crippen molar-refractivity contribution in [3.63, 3.8) is 0 Å². The van der Waals surface area contributed by atoms with Gasteiger partial charge in [0.2, 0.25) is 6.79 Å². The first kappa shape index (κ1) is 5.22. The van der Waals surface area contributed by atoms with E-state index in [9.17, 15) is 0 Å². The lowest BCUT2D eigenvalue weighted by molar-refractivity contribution is 0.0794. The molecule has 0 atom stereocenters. The lowest BCUT2D eigenvalue weighted by Gasteiger charge is -1.92. The minimum Gasteiger partial charge on any atom is -0.462 e. The SMILES string of the molecule is C=CCC1=COCO1. The van der Waals surface area contributed by atoms with E-state index < -0.39 is 0 Å². The van der Waals surface area contributed by atoms with Gasteiger partial charge < -0.3 is 9.47 Å². The van der Waals surface area contributed by atoms with Crippen molar-refractivity contribution >= 4 is 0 Å². The fourth-order valence-electron chi connectivity index (χ4n) is 0.520. The summed E-state index contributed by atoms with van der Waals surface area (Å²) in [6, 6.07) is 0. The molecule has 0 aromatic rings. The highest BCUT2D eigenvalue weighted by Gasteiger charge is 2.01. The molecule has 8 heavy (non-hydrogen) atoms. The van der Waals surface area contributed by atoms with Gasteiger partial charge in [-0.1, -0.05) is 6.08 Å². The molecule has 1 heterocycles. The van der Waals surface area contributed by atoms with Crippen LogP contribution in [0.5, 0.6) is 0 Å². The van der Waals surface area contributed by atoms with E-state index in [4.69, 9.17) is 9.47 Å². The van der Waals surface area contributed by atoms with Crippen LogP contribution in [0.1, 0.15) is 6.42 Å². The Balaban J connectivity index is 2.33. The van der Waals surface area contributed by atoms with Crippen molar-refractivity contribution in [2.75, 3.05) is 6.79 Å². The Morgan fingerprint density at radius 2 is 2.75 bits per heavy atom. The van der Waals surface area contributed by atoms with Gasteiger partial charge in [-0.05, 0) is 0 Å². The molecule has 0 fully saturated rings. The zero-order valence-electron chi connectivity index (χ0n) is 4.59. The highest BCUT2D eigenvalue weighted by Crippen LogP contribution is 2.09. The summed E-state index contributed by atoms with van der Waals surface area (Å²) in [4.78, 5) is 0. The second kappa shape index (κ2) is 2.40. The predicted octanol–water partition coefficient (Wildman–Crippen LogP) is 1.41. The molecule has 0 unspecified atom stereocenters. The van der Waals surface area contributed by atoms with Gasteiger partial charge in [0.1, 0.15) is 12.0 Å². The molecule has 0 saturated carbocycles. The number of allylic oxidation sites excluding steroid dienone is 1. The molecule has 2 nitrogen and oxygen atoms in total. The molecule has 0 radical (unpaired) electrons. The second-order valence-electron chi connectivity index (χ2n) is 1.51. The third-order valence-electron chi connectivity index (χ3n) is 0.873. The van der Waals surface area contributed by atoms with Crippen LogP contribution >= 0.6 is 0 Å². The van der Waals surface area contributed by atoms with E-state index in [1.54, 1.807) is 12.3 Å². The fourth-order valence-corrected chi connectivity index (χ4v) is 0.520. The van der Waals surface area contributed by atoms with E-state index in [1.807, 2.05) is 0 Å². The molecule has 0 bridgehead atoms. The van der Waals surface area contributed by atoms with E-state index in [0.717, 1.165) is 12.2 Å². The quantitative estimate of drug-likeness (QED) is 0.503. The van der Waals surface area contributed by atoms with Crippen LogP contribution in [0.15, 0.2) is 24.7 Å². The van der Waals surface area contributed by atoms with Gasteiger partial charge in [-0.2, -0.15) is 0 Å². The van der Waals surface area contributed by atoms with Gasteiger partial charge in [0.25, 0.3) is 0 Å². The second-order valence-corrected chi connectivity index (χ2v) is 1.51. The summed E-state index contributed by atoms with van der Waals surface area (Å²) in [5.74, 6) is 0.861. The van der Waals surface area contributed by atoms with E-state index in [2.05, 4.69) is 6.58 Å². The molecule has 0 amide bonds. The maximum absolute atomic E-state index is 4.96. The Hall–Kier alpha value is -0.920. The molecule has 0 spiro atoms. The molecule has 2 heteroatoms. The number of rotatable bonds is 2. The van der Waals surface area contributed by atoms with E-state index >= 15 is 0 Å². The lowest BCUT2D eigenvalue weighted by atomic mass is 10.4. The first-order valence-corrected chi connectivity index (χ1v) is 2.48. The van der Waals surface area contributed by atoms with Crippen molar-refractivity contribution in [2.45, 2.75) is 6.42 Å². The molecule has 0 aliphatic carbocycles. The monoisotopic (exact) mass is 112 g/mol. The maximum Gasteiger partial charge on any atom is 0.229 e. The standard InChI is InChI=1S/C6H8O2/c1-2-3-6-4-7-5-8-6/h2,4H,1,3,5H2. The first-order valence-electron chi connectivity index (χ1n) is 2.48. The van der Waals surface area contributed by atoms with E-state index in [0.29, 0.717) is 6.79 Å². The summed E-state index contributed by atoms with van der Waals surface area (Å²) in [5, 5.41) is 0. The molecular formula is C6H8O2. The van der Waals surface area contributed by atoms with E-state index in [1.165, 1.54) is 0 Å². The van der Waals surface area contributed by atoms with Crippen LogP contribution in [-0.2, 0) is 9.47 Å². The van der Waals surface area contributed by atoms with Crippen molar-refractivity contribution in [1.29, 1.82) is 0 Å². The summed E-state index contributed by atoms with van der Waals surface area (Å²) in [6.45, 7) is 3.91. The van der Waals surface area contributed by atoms with Crippen LogP contribution in [0.2, 0.25) is 0 Å². The van der Waals surface area contributed by atoms with Gasteiger partial charge in [-0.25, -0.2) is 0 Å². The summed E-state index contributed by atoms with van der Waals surface area (Å²) in [7, 11) is 0. The average Bonchev–Trinajstić information content (AvgIpc) is 2.19. The molecule has 1 aliphatic heterocycles. The minimum absolute atomic E-state index is 0.364. The van der Waals surface area contributed by atoms with Crippen molar-refractivity contribution in [3.8, 4) is 0 Å². The van der Waals surface area contributed by atoms with Crippen LogP contribution in [0.4, 0.5) is 0 Å². The summed E-state index contributed by atoms with van der Waals surface area (Å²) >= 11 is 0. The van der Waals surface area contributed by atoms with Crippen molar-refractivity contribution < 1.29 is 9.47 Å². The van der Waals surface area contributed by atoms with Gasteiger partial charge in [-0.15, -0.1) is 6.58 Å². The highest BCUT2D eigenvalue weighted by molar-refractivity contribution is 4.96. The zero-order chi connectivity index (χ0) is 5.82. The Bertz CT molecular complexity index is 116. The predicted molar refractivity (Wildman–Crippen MR) is 29.9 cm³/mol. The number of hydrogen-bond acceptors (Lipinski definition) is 2. The normalized spacial score (nSPS) is 16.2. The average molecular weight is 112 g/mol. The molecular weight excluding hydrogens is 104 g/mol. The molecule has 0 saturated heterocycles. The lowest BCUT2D eigenvalue weighted by Crippen LogP contribution is -1.82. The van der Waals surface area contributed by atoms with Gasteiger partial charge >= 0.3 is 0 Å². The third-order valence-corrected chi connectivity index (χ3v) is 0.873. The molecule has 1 aliphatic rings. The molecule has 0 aromatic carbocycles. The summed E-state index contributed by atoms with van der Waals surface area (Å²) < 4.78 is 9.74. The zero-order valence-corrected chi connectivity index (χ0v) is 4.59. The van der Waals surface area contributed by atoms with Gasteiger partial charge in [0.05, 0.1) is 0 Å². The summed E-state index contributed by atoms with van der Waals surface area (Å²) in [6.07, 6.45) is 4.15. The Kier molecular flexibility index (Phi) is 1.57. The van der Waals surface area contributed by atoms with Crippen LogP contribution in [-0.4, -0.2) is 6.79 Å². The molecule has 0 aromatic heterocycles. The Morgan fingerprint density at radius 3 is 3.25 bits per heavy atom. The van der Waals surface area contributed by atoms with Crippen LogP contribution in [0.3, 0.4) is 0 Å². The largest absolute Gasteiger partial charge is 0.462 e. The fraction of sp³-hybridized carbons (Fsp3) is 0.333. The van der Waals surface area contributed by atoms with Gasteiger partial charge in [-0.3, -0.25) is 0 Å². The molecule has 1 rings (SSSR count). The van der Waals surface area contributed by atoms with Crippen molar-refractivity contribution in [2.24, 2.45) is 0 Å². The van der Waals surface area contributed by atoms with Gasteiger partial charge in [0, 0.05) is 6.42 Å². The Labute approximate surface area is 48.4 Å². The van der Waals surface area contributed by atoms with Crippen LogP contribution in [0.25, 0.3) is 0 Å². The number of hydrogen-bond donors (Lipinski definition) is 0. The maximum atomic E-state index is 4.96. The first-order chi connectivity index (χ1) is 3.93. The summed E-state index contributed by atoms with van der Waals surface area (Å²) in [5.41, 5.74) is 0. The Morgan fingerprint density at radius 1 is 1.88 bits per heavy atom. The number of ether oxygens (including phenoxy) is 2. The topological polar surface area (TPSA) is 18.5 Å². The van der Waals surface area contributed by atoms with Crippen molar-refractivity contribution in [1.82, 2.24) is 0 Å². The third kappa shape index (κ3) is 1.03. The van der Waals surface area contributed by atoms with Crippen LogP contribution < -0.4 is 0 Å². The highest BCUT2D eigenvalue weighted by atomic mass is 16.7. The van der Waals surface area contributed by atoms with E-state index in [-0.39, 0.29) is 0 Å².